The van der Waals surface area contributed by atoms with Crippen LogP contribution in [0.15, 0.2) is 42.7 Å². The van der Waals surface area contributed by atoms with Crippen molar-refractivity contribution in [1.82, 2.24) is 15.1 Å². The molecule has 0 aliphatic carbocycles. The molecule has 2 rings (SSSR count). The monoisotopic (exact) mass is 257 g/mol. The van der Waals surface area contributed by atoms with Crippen LogP contribution in [0.2, 0.25) is 0 Å². The fourth-order valence-corrected chi connectivity index (χ4v) is 1.85. The van der Waals surface area contributed by atoms with Crippen molar-refractivity contribution in [3.05, 3.63) is 42.7 Å². The van der Waals surface area contributed by atoms with Gasteiger partial charge in [-0.15, -0.1) is 0 Å². The van der Waals surface area contributed by atoms with E-state index in [9.17, 15) is 4.79 Å². The van der Waals surface area contributed by atoms with E-state index in [2.05, 4.69) is 10.4 Å². The van der Waals surface area contributed by atoms with E-state index in [-0.39, 0.29) is 18.0 Å². The van der Waals surface area contributed by atoms with Crippen molar-refractivity contribution in [3.8, 4) is 11.1 Å². The van der Waals surface area contributed by atoms with Crippen molar-refractivity contribution in [2.75, 3.05) is 0 Å². The third kappa shape index (κ3) is 3.22. The van der Waals surface area contributed by atoms with E-state index in [1.54, 1.807) is 10.9 Å². The highest BCUT2D eigenvalue weighted by Gasteiger charge is 2.16. The summed E-state index contributed by atoms with van der Waals surface area (Å²) in [5.74, 6) is -0.0160. The number of carbonyl (C=O) groups excluding carboxylic acids is 1. The molecular formula is C15H19N3O. The second kappa shape index (κ2) is 5.69. The van der Waals surface area contributed by atoms with Crippen LogP contribution in [0.4, 0.5) is 0 Å². The van der Waals surface area contributed by atoms with Gasteiger partial charge in [0.25, 0.3) is 0 Å². The average molecular weight is 257 g/mol. The standard InChI is InChI=1S/C15H19N3O/c1-11(2)17-15(19)12(3)18-10-14(9-16-18)13-7-5-4-6-8-13/h4-12H,1-3H3,(H,17,19). The maximum Gasteiger partial charge on any atom is 0.244 e. The minimum atomic E-state index is -0.306. The first-order chi connectivity index (χ1) is 9.08. The number of aromatic nitrogens is 2. The number of hydrogen-bond acceptors (Lipinski definition) is 2. The van der Waals surface area contributed by atoms with Gasteiger partial charge in [0.15, 0.2) is 0 Å². The Kier molecular flexibility index (Phi) is 4.00. The molecule has 1 N–H and O–H groups in total. The van der Waals surface area contributed by atoms with E-state index in [1.165, 1.54) is 0 Å². The predicted molar refractivity (Wildman–Crippen MR) is 75.7 cm³/mol. The summed E-state index contributed by atoms with van der Waals surface area (Å²) in [4.78, 5) is 11.9. The molecule has 1 aromatic carbocycles. The molecule has 1 aromatic heterocycles. The highest BCUT2D eigenvalue weighted by Crippen LogP contribution is 2.19. The summed E-state index contributed by atoms with van der Waals surface area (Å²) in [7, 11) is 0. The summed E-state index contributed by atoms with van der Waals surface area (Å²) >= 11 is 0. The summed E-state index contributed by atoms with van der Waals surface area (Å²) in [6, 6.07) is 9.84. The lowest BCUT2D eigenvalue weighted by Crippen LogP contribution is -2.35. The van der Waals surface area contributed by atoms with Crippen molar-refractivity contribution in [2.24, 2.45) is 0 Å². The Hall–Kier alpha value is -2.10. The van der Waals surface area contributed by atoms with Crippen LogP contribution < -0.4 is 5.32 Å². The highest BCUT2D eigenvalue weighted by atomic mass is 16.2. The van der Waals surface area contributed by atoms with Crippen LogP contribution in [-0.4, -0.2) is 21.7 Å². The normalized spacial score (nSPS) is 12.4. The first kappa shape index (κ1) is 13.3. The Morgan fingerprint density at radius 2 is 1.84 bits per heavy atom. The van der Waals surface area contributed by atoms with Gasteiger partial charge >= 0.3 is 0 Å². The fourth-order valence-electron chi connectivity index (χ4n) is 1.85. The molecule has 0 aliphatic heterocycles. The van der Waals surface area contributed by atoms with Crippen molar-refractivity contribution in [2.45, 2.75) is 32.9 Å². The zero-order valence-corrected chi connectivity index (χ0v) is 11.5. The van der Waals surface area contributed by atoms with Gasteiger partial charge in [-0.2, -0.15) is 5.10 Å². The molecule has 0 saturated carbocycles. The van der Waals surface area contributed by atoms with Crippen LogP contribution in [0.3, 0.4) is 0 Å². The number of carbonyl (C=O) groups is 1. The van der Waals surface area contributed by atoms with Gasteiger partial charge in [0.05, 0.1) is 6.20 Å². The zero-order chi connectivity index (χ0) is 13.8. The molecule has 1 unspecified atom stereocenters. The number of benzene rings is 1. The average Bonchev–Trinajstić information content (AvgIpc) is 2.87. The van der Waals surface area contributed by atoms with Gasteiger partial charge in [-0.1, -0.05) is 30.3 Å². The Morgan fingerprint density at radius 1 is 1.16 bits per heavy atom. The molecule has 4 heteroatoms. The van der Waals surface area contributed by atoms with E-state index >= 15 is 0 Å². The van der Waals surface area contributed by atoms with Crippen LogP contribution in [0, 0.1) is 0 Å². The van der Waals surface area contributed by atoms with Gasteiger partial charge in [0.2, 0.25) is 5.91 Å². The summed E-state index contributed by atoms with van der Waals surface area (Å²) in [5.41, 5.74) is 2.12. The number of amides is 1. The summed E-state index contributed by atoms with van der Waals surface area (Å²) in [6.07, 6.45) is 3.69. The molecule has 1 heterocycles. The lowest BCUT2D eigenvalue weighted by atomic mass is 10.1. The highest BCUT2D eigenvalue weighted by molar-refractivity contribution is 5.80. The van der Waals surface area contributed by atoms with Crippen molar-refractivity contribution in [3.63, 3.8) is 0 Å². The smallest absolute Gasteiger partial charge is 0.244 e. The summed E-state index contributed by atoms with van der Waals surface area (Å²) in [5, 5.41) is 7.17. The topological polar surface area (TPSA) is 46.9 Å². The van der Waals surface area contributed by atoms with E-state index in [1.807, 2.05) is 57.3 Å². The SMILES string of the molecule is CC(C)NC(=O)C(C)n1cc(-c2ccccc2)cn1. The van der Waals surface area contributed by atoms with Crippen LogP contribution in [0.1, 0.15) is 26.8 Å². The van der Waals surface area contributed by atoms with Gasteiger partial charge in [-0.3, -0.25) is 9.48 Å². The molecule has 19 heavy (non-hydrogen) atoms. The van der Waals surface area contributed by atoms with Gasteiger partial charge in [0.1, 0.15) is 6.04 Å². The summed E-state index contributed by atoms with van der Waals surface area (Å²) < 4.78 is 1.69. The Balaban J connectivity index is 2.15. The van der Waals surface area contributed by atoms with Gasteiger partial charge < -0.3 is 5.32 Å². The maximum absolute atomic E-state index is 11.9. The molecule has 0 fully saturated rings. The molecular weight excluding hydrogens is 238 g/mol. The lowest BCUT2D eigenvalue weighted by Gasteiger charge is -2.14. The second-order valence-corrected chi connectivity index (χ2v) is 4.91. The Labute approximate surface area is 113 Å². The van der Waals surface area contributed by atoms with E-state index in [0.717, 1.165) is 11.1 Å². The third-order valence-corrected chi connectivity index (χ3v) is 2.92. The molecule has 1 atom stereocenters. The second-order valence-electron chi connectivity index (χ2n) is 4.91. The van der Waals surface area contributed by atoms with Crippen LogP contribution >= 0.6 is 0 Å². The van der Waals surface area contributed by atoms with Gasteiger partial charge in [0, 0.05) is 17.8 Å². The minimum absolute atomic E-state index is 0.0160. The molecule has 0 aliphatic rings. The molecule has 4 nitrogen and oxygen atoms in total. The molecule has 0 bridgehead atoms. The molecule has 2 aromatic rings. The van der Waals surface area contributed by atoms with Crippen LogP contribution in [0.5, 0.6) is 0 Å². The fraction of sp³-hybridized carbons (Fsp3) is 0.333. The van der Waals surface area contributed by atoms with Crippen molar-refractivity contribution in [1.29, 1.82) is 0 Å². The third-order valence-electron chi connectivity index (χ3n) is 2.92. The molecule has 100 valence electrons. The molecule has 0 radical (unpaired) electrons. The number of hydrogen-bond donors (Lipinski definition) is 1. The van der Waals surface area contributed by atoms with Crippen molar-refractivity contribution < 1.29 is 4.79 Å². The predicted octanol–water partition coefficient (Wildman–Crippen LogP) is 2.64. The largest absolute Gasteiger partial charge is 0.352 e. The number of rotatable bonds is 4. The van der Waals surface area contributed by atoms with Crippen molar-refractivity contribution >= 4 is 5.91 Å². The molecule has 0 saturated heterocycles. The quantitative estimate of drug-likeness (QED) is 0.915. The van der Waals surface area contributed by atoms with E-state index in [0.29, 0.717) is 0 Å². The van der Waals surface area contributed by atoms with Gasteiger partial charge in [-0.05, 0) is 26.3 Å². The number of nitrogens with zero attached hydrogens (tertiary/aromatic N) is 2. The zero-order valence-electron chi connectivity index (χ0n) is 11.5. The van der Waals surface area contributed by atoms with E-state index < -0.39 is 0 Å². The molecule has 0 spiro atoms. The maximum atomic E-state index is 11.9. The van der Waals surface area contributed by atoms with Crippen LogP contribution in [0.25, 0.3) is 11.1 Å². The Morgan fingerprint density at radius 3 is 2.47 bits per heavy atom. The summed E-state index contributed by atoms with van der Waals surface area (Å²) in [6.45, 7) is 5.74. The molecule has 1 amide bonds. The van der Waals surface area contributed by atoms with Crippen LogP contribution in [-0.2, 0) is 4.79 Å². The van der Waals surface area contributed by atoms with Gasteiger partial charge in [-0.25, -0.2) is 0 Å². The first-order valence-corrected chi connectivity index (χ1v) is 6.48. The number of nitrogens with one attached hydrogen (secondary N) is 1. The lowest BCUT2D eigenvalue weighted by molar-refractivity contribution is -0.124. The first-order valence-electron chi connectivity index (χ1n) is 6.48. The minimum Gasteiger partial charge on any atom is -0.352 e. The Bertz CT molecular complexity index is 546. The van der Waals surface area contributed by atoms with E-state index in [4.69, 9.17) is 0 Å².